The van der Waals surface area contributed by atoms with Gasteiger partial charge in [0.15, 0.2) is 0 Å². The van der Waals surface area contributed by atoms with E-state index in [0.717, 1.165) is 5.16 Å². The van der Waals surface area contributed by atoms with Crippen molar-refractivity contribution >= 4 is 42.8 Å². The van der Waals surface area contributed by atoms with E-state index in [1.165, 1.54) is 38.5 Å². The summed E-state index contributed by atoms with van der Waals surface area (Å²) in [6.07, 6.45) is 10.8. The van der Waals surface area contributed by atoms with Crippen LogP contribution >= 0.6 is 0 Å². The van der Waals surface area contributed by atoms with Gasteiger partial charge in [0.1, 0.15) is 0 Å². The van der Waals surface area contributed by atoms with Gasteiger partial charge in [0, 0.05) is 0 Å². The second-order valence-electron chi connectivity index (χ2n) is 12.6. The molecule has 0 aromatic carbocycles. The predicted octanol–water partition coefficient (Wildman–Crippen LogP) is 9.70. The molecule has 0 radical (unpaired) electrons. The molecule has 0 atom stereocenters. The average Bonchev–Trinajstić information content (AvgIpc) is 2.55. The first-order valence-corrected chi connectivity index (χ1v) is 30.6. The monoisotopic (exact) mass is 564 g/mol. The predicted molar refractivity (Wildman–Crippen MR) is 148 cm³/mol. The molecule has 174 valence electrons. The summed E-state index contributed by atoms with van der Waals surface area (Å²) in [5.41, 5.74) is 0. The van der Waals surface area contributed by atoms with Crippen LogP contribution in [0, 0.1) is 0 Å². The Bertz CT molecular complexity index is 448. The average molecular weight is 564 g/mol. The van der Waals surface area contributed by atoms with Crippen molar-refractivity contribution in [2.45, 2.75) is 137 Å². The van der Waals surface area contributed by atoms with E-state index >= 15 is 0 Å². The first-order valence-electron chi connectivity index (χ1n) is 12.5. The second kappa shape index (κ2) is 12.9. The first kappa shape index (κ1) is 30.0. The SMILES string of the molecule is CCC[CH2][Sn]([CH2]CCC)([CH2]CCC)/[C](=C/O[Si](C)(C)C)C([Si](C)(C)C)[Si](C)(C)C. The fourth-order valence-electron chi connectivity index (χ4n) is 5.33. The van der Waals surface area contributed by atoms with Crippen LogP contribution < -0.4 is 0 Å². The summed E-state index contributed by atoms with van der Waals surface area (Å²) in [5, 5.41) is 0.882. The van der Waals surface area contributed by atoms with Crippen molar-refractivity contribution in [1.82, 2.24) is 0 Å². The Morgan fingerprint density at radius 3 is 1.28 bits per heavy atom. The van der Waals surface area contributed by atoms with Crippen LogP contribution in [0.2, 0.25) is 77.4 Å². The molecule has 0 aromatic heterocycles. The van der Waals surface area contributed by atoms with E-state index in [0.29, 0.717) is 0 Å². The van der Waals surface area contributed by atoms with Gasteiger partial charge in [-0.1, -0.05) is 0 Å². The Balaban J connectivity index is 6.71. The van der Waals surface area contributed by atoms with Crippen LogP contribution in [-0.2, 0) is 4.43 Å². The number of rotatable bonds is 15. The fraction of sp³-hybridized carbons (Fsp3) is 0.917. The zero-order valence-corrected chi connectivity index (χ0v) is 28.3. The standard InChI is InChI=1S/C12H29OSi3.3C4H9.Sn/c1-14(2,3)12(15(4,5)6)10-11-13-16(7,8)9;3*1-3-4-2;/h11-12H,1-9H3;3*1,3-4H2,2H3;. The molecule has 1 nitrogen and oxygen atoms in total. The molecule has 0 fully saturated rings. The molecule has 0 N–H and O–H groups in total. The van der Waals surface area contributed by atoms with Crippen molar-refractivity contribution in [3.63, 3.8) is 0 Å². The summed E-state index contributed by atoms with van der Waals surface area (Å²) >= 11 is -2.51. The van der Waals surface area contributed by atoms with E-state index < -0.39 is 42.8 Å². The van der Waals surface area contributed by atoms with Gasteiger partial charge in [-0.15, -0.1) is 0 Å². The molecule has 0 saturated heterocycles. The van der Waals surface area contributed by atoms with Gasteiger partial charge in [-0.05, 0) is 0 Å². The summed E-state index contributed by atoms with van der Waals surface area (Å²) in [7, 11) is -4.22. The van der Waals surface area contributed by atoms with Crippen LogP contribution in [-0.4, -0.2) is 42.8 Å². The zero-order chi connectivity index (χ0) is 22.9. The summed E-state index contributed by atoms with van der Waals surface area (Å²) in [4.78, 5) is 0. The van der Waals surface area contributed by atoms with Crippen molar-refractivity contribution in [3.05, 3.63) is 9.85 Å². The fourth-order valence-corrected chi connectivity index (χ4v) is 46.1. The van der Waals surface area contributed by atoms with E-state index in [2.05, 4.69) is 86.0 Å². The Kier molecular flexibility index (Phi) is 13.3. The molecule has 0 saturated carbocycles. The van der Waals surface area contributed by atoms with Crippen molar-refractivity contribution in [1.29, 1.82) is 0 Å². The minimum absolute atomic E-state index is 0.882. The molecule has 29 heavy (non-hydrogen) atoms. The maximum atomic E-state index is 6.68. The topological polar surface area (TPSA) is 9.23 Å². The number of hydrogen-bond acceptors (Lipinski definition) is 1. The maximum absolute atomic E-state index is 6.68. The summed E-state index contributed by atoms with van der Waals surface area (Å²) < 4.78 is 13.4. The van der Waals surface area contributed by atoms with Crippen molar-refractivity contribution in [2.24, 2.45) is 0 Å². The van der Waals surface area contributed by atoms with Crippen LogP contribution in [0.5, 0.6) is 0 Å². The van der Waals surface area contributed by atoms with Crippen molar-refractivity contribution < 1.29 is 4.43 Å². The molecule has 0 aliphatic heterocycles. The second-order valence-corrected chi connectivity index (χ2v) is 41.5. The van der Waals surface area contributed by atoms with Gasteiger partial charge >= 0.3 is 194 Å². The Hall–Kier alpha value is 0.989. The zero-order valence-electron chi connectivity index (χ0n) is 22.4. The molecule has 0 unspecified atom stereocenters. The van der Waals surface area contributed by atoms with Crippen LogP contribution in [0.3, 0.4) is 0 Å². The molecular formula is C24H56OSi3Sn. The minimum atomic E-state index is -2.51. The summed E-state index contributed by atoms with van der Waals surface area (Å²) in [6, 6.07) is 0. The molecule has 0 aromatic rings. The van der Waals surface area contributed by atoms with Gasteiger partial charge in [0.25, 0.3) is 0 Å². The third-order valence-electron chi connectivity index (χ3n) is 6.22. The van der Waals surface area contributed by atoms with Crippen molar-refractivity contribution in [2.75, 3.05) is 0 Å². The summed E-state index contributed by atoms with van der Waals surface area (Å²) in [6.45, 7) is 30.2. The van der Waals surface area contributed by atoms with E-state index in [-0.39, 0.29) is 0 Å². The number of allylic oxidation sites excluding steroid dienone is 1. The molecule has 0 aliphatic carbocycles. The van der Waals surface area contributed by atoms with E-state index in [1.807, 2.05) is 3.59 Å². The van der Waals surface area contributed by atoms with Crippen molar-refractivity contribution in [3.8, 4) is 0 Å². The molecule has 0 amide bonds. The molecule has 0 heterocycles. The third kappa shape index (κ3) is 10.9. The molecule has 0 bridgehead atoms. The Morgan fingerprint density at radius 2 is 1.03 bits per heavy atom. The van der Waals surface area contributed by atoms with Crippen LogP contribution in [0.15, 0.2) is 9.85 Å². The van der Waals surface area contributed by atoms with Gasteiger partial charge in [-0.25, -0.2) is 0 Å². The number of hydrogen-bond donors (Lipinski definition) is 0. The Labute approximate surface area is 192 Å². The van der Waals surface area contributed by atoms with E-state index in [1.54, 1.807) is 13.3 Å². The molecule has 0 rings (SSSR count). The van der Waals surface area contributed by atoms with Crippen LogP contribution in [0.25, 0.3) is 0 Å². The van der Waals surface area contributed by atoms with E-state index in [9.17, 15) is 0 Å². The van der Waals surface area contributed by atoms with Crippen LogP contribution in [0.1, 0.15) is 59.3 Å². The van der Waals surface area contributed by atoms with Gasteiger partial charge in [0.2, 0.25) is 0 Å². The molecule has 0 spiro atoms. The summed E-state index contributed by atoms with van der Waals surface area (Å²) in [5.74, 6) is 0. The molecule has 5 heteroatoms. The normalized spacial score (nSPS) is 14.6. The van der Waals surface area contributed by atoms with Gasteiger partial charge < -0.3 is 0 Å². The van der Waals surface area contributed by atoms with E-state index in [4.69, 9.17) is 4.43 Å². The third-order valence-corrected chi connectivity index (χ3v) is 33.9. The molecular weight excluding hydrogens is 507 g/mol. The first-order chi connectivity index (χ1) is 13.1. The van der Waals surface area contributed by atoms with Crippen LogP contribution in [0.4, 0.5) is 0 Å². The van der Waals surface area contributed by atoms with Gasteiger partial charge in [-0.2, -0.15) is 0 Å². The quantitative estimate of drug-likeness (QED) is 0.142. The number of unbranched alkanes of at least 4 members (excludes halogenated alkanes) is 3. The van der Waals surface area contributed by atoms with Gasteiger partial charge in [0.05, 0.1) is 0 Å². The Morgan fingerprint density at radius 1 is 0.690 bits per heavy atom. The van der Waals surface area contributed by atoms with Gasteiger partial charge in [-0.3, -0.25) is 0 Å². The molecule has 0 aliphatic rings.